The van der Waals surface area contributed by atoms with Crippen LogP contribution in [0.25, 0.3) is 27.1 Å². The zero-order valence-corrected chi connectivity index (χ0v) is 26.4. The summed E-state index contributed by atoms with van der Waals surface area (Å²) in [4.78, 5) is 4.86. The van der Waals surface area contributed by atoms with Gasteiger partial charge < -0.3 is 9.80 Å². The fourth-order valence-corrected chi connectivity index (χ4v) is 7.02. The Morgan fingerprint density at radius 2 is 0.957 bits per heavy atom. The van der Waals surface area contributed by atoms with E-state index < -0.39 is 0 Å². The molecule has 0 N–H and O–H groups in total. The summed E-state index contributed by atoms with van der Waals surface area (Å²) in [7, 11) is 0. The Hall–Kier alpha value is -5.86. The van der Waals surface area contributed by atoms with Crippen LogP contribution in [0.4, 0.5) is 28.4 Å². The van der Waals surface area contributed by atoms with Crippen LogP contribution in [0.2, 0.25) is 0 Å². The molecule has 0 aromatic heterocycles. The number of nitrogens with zero attached hydrogens (tertiary/aromatic N) is 2. The summed E-state index contributed by atoms with van der Waals surface area (Å²) in [6, 6.07) is 61.1. The van der Waals surface area contributed by atoms with Crippen molar-refractivity contribution in [1.29, 1.82) is 0 Å². The van der Waals surface area contributed by atoms with Gasteiger partial charge in [-0.05, 0) is 76.4 Å². The van der Waals surface area contributed by atoms with Crippen molar-refractivity contribution < 1.29 is 0 Å². The Morgan fingerprint density at radius 1 is 0.447 bits per heavy atom. The SMILES string of the molecule is CC1C=C(c2ccc(N(c3ccccc3)c3cccc4ccccc34)cc2)C=CC1N(c1ccccc1)c1cccc2ccccc12. The van der Waals surface area contributed by atoms with Gasteiger partial charge in [0.25, 0.3) is 0 Å². The predicted octanol–water partition coefficient (Wildman–Crippen LogP) is 12.3. The number of para-hydroxylation sites is 2. The Balaban J connectivity index is 1.14. The van der Waals surface area contributed by atoms with E-state index in [0.29, 0.717) is 0 Å². The molecule has 0 heterocycles. The van der Waals surface area contributed by atoms with Crippen molar-refractivity contribution in [3.63, 3.8) is 0 Å². The molecule has 7 aromatic carbocycles. The molecule has 1 aliphatic rings. The van der Waals surface area contributed by atoms with Gasteiger partial charge in [0.15, 0.2) is 0 Å². The van der Waals surface area contributed by atoms with Crippen molar-refractivity contribution in [2.24, 2.45) is 5.92 Å². The third-order valence-corrected chi connectivity index (χ3v) is 9.29. The molecule has 2 heteroatoms. The van der Waals surface area contributed by atoms with Gasteiger partial charge in [0, 0.05) is 33.5 Å². The third-order valence-electron chi connectivity index (χ3n) is 9.29. The zero-order valence-electron chi connectivity index (χ0n) is 26.4. The molecule has 2 nitrogen and oxygen atoms in total. The van der Waals surface area contributed by atoms with Crippen molar-refractivity contribution in [3.05, 3.63) is 194 Å². The summed E-state index contributed by atoms with van der Waals surface area (Å²) in [6.07, 6.45) is 7.12. The molecule has 0 aliphatic heterocycles. The molecule has 2 atom stereocenters. The summed E-state index contributed by atoms with van der Waals surface area (Å²) < 4.78 is 0. The van der Waals surface area contributed by atoms with Gasteiger partial charge in [0.05, 0.1) is 11.7 Å². The summed E-state index contributed by atoms with van der Waals surface area (Å²) in [6.45, 7) is 2.33. The number of hydrogen-bond acceptors (Lipinski definition) is 2. The van der Waals surface area contributed by atoms with Crippen LogP contribution in [-0.2, 0) is 0 Å². The number of hydrogen-bond donors (Lipinski definition) is 0. The quantitative estimate of drug-likeness (QED) is 0.179. The van der Waals surface area contributed by atoms with E-state index in [-0.39, 0.29) is 12.0 Å². The molecular weight excluding hydrogens is 569 g/mol. The summed E-state index contributed by atoms with van der Waals surface area (Å²) in [5, 5.41) is 4.98. The van der Waals surface area contributed by atoms with Gasteiger partial charge in [-0.1, -0.05) is 146 Å². The molecule has 0 amide bonds. The second-order valence-corrected chi connectivity index (χ2v) is 12.3. The van der Waals surface area contributed by atoms with Crippen LogP contribution in [0.15, 0.2) is 188 Å². The number of benzene rings is 7. The van der Waals surface area contributed by atoms with Gasteiger partial charge in [-0.2, -0.15) is 0 Å². The second kappa shape index (κ2) is 12.5. The summed E-state index contributed by atoms with van der Waals surface area (Å²) >= 11 is 0. The second-order valence-electron chi connectivity index (χ2n) is 12.3. The molecule has 0 saturated heterocycles. The maximum absolute atomic E-state index is 2.50. The monoisotopic (exact) mass is 604 g/mol. The first-order valence-corrected chi connectivity index (χ1v) is 16.4. The fourth-order valence-electron chi connectivity index (χ4n) is 7.02. The first-order valence-electron chi connectivity index (χ1n) is 16.4. The van der Waals surface area contributed by atoms with Gasteiger partial charge in [-0.3, -0.25) is 0 Å². The lowest BCUT2D eigenvalue weighted by molar-refractivity contribution is 0.612. The molecule has 0 spiro atoms. The standard InChI is InChI=1S/C45H36N2/c1-33-32-37(28-31-43(33)47(39-20-6-3-7-21-39)45-25-13-17-36-15-9-11-23-42(36)45)34-26-29-40(30-27-34)46(38-18-4-2-5-19-38)44-24-12-16-35-14-8-10-22-41(35)44/h2-33,43H,1H3. The number of fused-ring (bicyclic) bond motifs is 2. The van der Waals surface area contributed by atoms with E-state index in [2.05, 4.69) is 205 Å². The van der Waals surface area contributed by atoms with Crippen molar-refractivity contribution in [3.8, 4) is 0 Å². The van der Waals surface area contributed by atoms with Gasteiger partial charge in [-0.25, -0.2) is 0 Å². The molecule has 0 bridgehead atoms. The van der Waals surface area contributed by atoms with Gasteiger partial charge in [-0.15, -0.1) is 0 Å². The Morgan fingerprint density at radius 3 is 1.60 bits per heavy atom. The van der Waals surface area contributed by atoms with Crippen LogP contribution in [-0.4, -0.2) is 6.04 Å². The van der Waals surface area contributed by atoms with E-state index in [4.69, 9.17) is 0 Å². The number of rotatable bonds is 7. The normalized spacial score (nSPS) is 15.8. The minimum absolute atomic E-state index is 0.172. The summed E-state index contributed by atoms with van der Waals surface area (Å²) in [5.41, 5.74) is 8.34. The van der Waals surface area contributed by atoms with Gasteiger partial charge in [0.2, 0.25) is 0 Å². The van der Waals surface area contributed by atoms with E-state index in [1.165, 1.54) is 49.7 Å². The maximum Gasteiger partial charge on any atom is 0.0586 e. The topological polar surface area (TPSA) is 6.48 Å². The smallest absolute Gasteiger partial charge is 0.0586 e. The lowest BCUT2D eigenvalue weighted by atomic mass is 9.88. The number of allylic oxidation sites excluding steroid dienone is 2. The molecule has 226 valence electrons. The zero-order chi connectivity index (χ0) is 31.6. The molecule has 0 saturated carbocycles. The molecule has 0 fully saturated rings. The van der Waals surface area contributed by atoms with Crippen molar-refractivity contribution >= 4 is 55.6 Å². The lowest BCUT2D eigenvalue weighted by Gasteiger charge is -2.37. The predicted molar refractivity (Wildman–Crippen MR) is 201 cm³/mol. The van der Waals surface area contributed by atoms with Crippen molar-refractivity contribution in [1.82, 2.24) is 0 Å². The third kappa shape index (κ3) is 5.49. The van der Waals surface area contributed by atoms with Crippen LogP contribution in [0.5, 0.6) is 0 Å². The largest absolute Gasteiger partial charge is 0.333 e. The van der Waals surface area contributed by atoms with Crippen LogP contribution in [0, 0.1) is 5.92 Å². The van der Waals surface area contributed by atoms with Crippen LogP contribution in [0.3, 0.4) is 0 Å². The van der Waals surface area contributed by atoms with E-state index in [9.17, 15) is 0 Å². The molecule has 7 aromatic rings. The minimum atomic E-state index is 0.172. The maximum atomic E-state index is 2.50. The average molecular weight is 605 g/mol. The highest BCUT2D eigenvalue weighted by Gasteiger charge is 2.27. The average Bonchev–Trinajstić information content (AvgIpc) is 3.14. The molecule has 8 rings (SSSR count). The first-order chi connectivity index (χ1) is 23.2. The fraction of sp³-hybridized carbons (Fsp3) is 0.0667. The van der Waals surface area contributed by atoms with E-state index in [1.54, 1.807) is 0 Å². The Labute approximate surface area is 277 Å². The lowest BCUT2D eigenvalue weighted by Crippen LogP contribution is -2.35. The summed E-state index contributed by atoms with van der Waals surface area (Å²) in [5.74, 6) is 0.283. The molecule has 1 aliphatic carbocycles. The Kier molecular flexibility index (Phi) is 7.61. The van der Waals surface area contributed by atoms with Gasteiger partial charge in [0.1, 0.15) is 0 Å². The van der Waals surface area contributed by atoms with Crippen LogP contribution in [0.1, 0.15) is 12.5 Å². The van der Waals surface area contributed by atoms with Crippen molar-refractivity contribution in [2.75, 3.05) is 9.80 Å². The molecule has 0 radical (unpaired) electrons. The van der Waals surface area contributed by atoms with Crippen LogP contribution >= 0.6 is 0 Å². The molecule has 47 heavy (non-hydrogen) atoms. The Bertz CT molecular complexity index is 2200. The van der Waals surface area contributed by atoms with E-state index >= 15 is 0 Å². The van der Waals surface area contributed by atoms with E-state index in [1.807, 2.05) is 0 Å². The minimum Gasteiger partial charge on any atom is -0.333 e. The van der Waals surface area contributed by atoms with E-state index in [0.717, 1.165) is 11.4 Å². The van der Waals surface area contributed by atoms with Crippen molar-refractivity contribution in [2.45, 2.75) is 13.0 Å². The molecule has 2 unspecified atom stereocenters. The number of anilines is 5. The van der Waals surface area contributed by atoms with Gasteiger partial charge >= 0.3 is 0 Å². The highest BCUT2D eigenvalue weighted by atomic mass is 15.2. The highest BCUT2D eigenvalue weighted by molar-refractivity contribution is 5.99. The van der Waals surface area contributed by atoms with Crippen LogP contribution < -0.4 is 9.80 Å². The molecular formula is C45H36N2. The first kappa shape index (κ1) is 28.6. The highest BCUT2D eigenvalue weighted by Crippen LogP contribution is 2.41.